The highest BCUT2D eigenvalue weighted by molar-refractivity contribution is 5.89. The number of hydrogen-bond donors (Lipinski definition) is 0. The molecule has 0 aliphatic carbocycles. The summed E-state index contributed by atoms with van der Waals surface area (Å²) in [7, 11) is 0. The molecule has 0 aliphatic rings. The van der Waals surface area contributed by atoms with Gasteiger partial charge in [-0.3, -0.25) is 4.79 Å². The predicted molar refractivity (Wildman–Crippen MR) is 99.4 cm³/mol. The Kier molecular flexibility index (Phi) is 7.21. The largest absolute Gasteiger partial charge is 0.462 e. The highest BCUT2D eigenvalue weighted by Gasteiger charge is 2.35. The summed E-state index contributed by atoms with van der Waals surface area (Å²) in [6.45, 7) is 14.6. The number of carbonyl (C=O) groups is 2. The van der Waals surface area contributed by atoms with Gasteiger partial charge in [-0.15, -0.1) is 0 Å². The van der Waals surface area contributed by atoms with Crippen molar-refractivity contribution >= 4 is 11.9 Å². The van der Waals surface area contributed by atoms with Crippen molar-refractivity contribution in [3.8, 4) is 0 Å². The third kappa shape index (κ3) is 7.72. The molecule has 1 atom stereocenters. The topological polar surface area (TPSA) is 52.6 Å². The van der Waals surface area contributed by atoms with Crippen LogP contribution in [0.2, 0.25) is 0 Å². The van der Waals surface area contributed by atoms with Crippen LogP contribution in [0.3, 0.4) is 0 Å². The van der Waals surface area contributed by atoms with Gasteiger partial charge in [0.2, 0.25) is 0 Å². The van der Waals surface area contributed by atoms with Crippen molar-refractivity contribution in [1.82, 2.24) is 0 Å². The molecule has 4 heteroatoms. The van der Waals surface area contributed by atoms with Crippen molar-refractivity contribution in [2.24, 2.45) is 16.7 Å². The van der Waals surface area contributed by atoms with Gasteiger partial charge in [0.05, 0.1) is 11.5 Å². The van der Waals surface area contributed by atoms with E-state index in [1.807, 2.05) is 39.8 Å². The zero-order valence-corrected chi connectivity index (χ0v) is 16.6. The average molecular weight is 348 g/mol. The lowest BCUT2D eigenvalue weighted by Gasteiger charge is -2.33. The molecule has 4 nitrogen and oxygen atoms in total. The van der Waals surface area contributed by atoms with Crippen molar-refractivity contribution in [2.45, 2.75) is 54.9 Å². The van der Waals surface area contributed by atoms with Crippen LogP contribution in [0.5, 0.6) is 0 Å². The fourth-order valence-corrected chi connectivity index (χ4v) is 2.51. The van der Waals surface area contributed by atoms with Gasteiger partial charge in [0, 0.05) is 0 Å². The first-order valence-electron chi connectivity index (χ1n) is 8.80. The Morgan fingerprint density at radius 2 is 1.44 bits per heavy atom. The molecule has 0 saturated heterocycles. The third-order valence-corrected chi connectivity index (χ3v) is 3.99. The van der Waals surface area contributed by atoms with Gasteiger partial charge in [-0.2, -0.15) is 0 Å². The molecule has 1 rings (SSSR count). The first kappa shape index (κ1) is 21.2. The molecule has 0 fully saturated rings. The summed E-state index contributed by atoms with van der Waals surface area (Å²) in [5.41, 5.74) is 1.44. The minimum Gasteiger partial charge on any atom is -0.462 e. The molecule has 1 aromatic rings. The molecule has 0 spiro atoms. The lowest BCUT2D eigenvalue weighted by Crippen LogP contribution is -2.34. The third-order valence-electron chi connectivity index (χ3n) is 3.99. The van der Waals surface area contributed by atoms with E-state index >= 15 is 0 Å². The second-order valence-electron chi connectivity index (χ2n) is 8.85. The summed E-state index contributed by atoms with van der Waals surface area (Å²) in [6.07, 6.45) is 0.748. The van der Waals surface area contributed by atoms with E-state index < -0.39 is 5.97 Å². The van der Waals surface area contributed by atoms with Gasteiger partial charge in [0.15, 0.2) is 0 Å². The van der Waals surface area contributed by atoms with Crippen LogP contribution in [0.1, 0.15) is 63.9 Å². The lowest BCUT2D eigenvalue weighted by atomic mass is 9.72. The number of hydrogen-bond acceptors (Lipinski definition) is 4. The van der Waals surface area contributed by atoms with Crippen LogP contribution in [0.15, 0.2) is 24.3 Å². The quantitative estimate of drug-likeness (QED) is 0.548. The summed E-state index contributed by atoms with van der Waals surface area (Å²) in [5.74, 6) is -0.827. The van der Waals surface area contributed by atoms with E-state index in [1.54, 1.807) is 12.1 Å². The smallest absolute Gasteiger partial charge is 0.338 e. The van der Waals surface area contributed by atoms with Crippen LogP contribution >= 0.6 is 0 Å². The number of esters is 2. The Morgan fingerprint density at radius 3 is 1.92 bits per heavy atom. The minimum absolute atomic E-state index is 0.0366. The van der Waals surface area contributed by atoms with Crippen molar-refractivity contribution in [3.63, 3.8) is 0 Å². The van der Waals surface area contributed by atoms with E-state index in [2.05, 4.69) is 20.8 Å². The Morgan fingerprint density at radius 1 is 0.920 bits per heavy atom. The summed E-state index contributed by atoms with van der Waals surface area (Å²) in [5, 5.41) is 0. The van der Waals surface area contributed by atoms with Crippen molar-refractivity contribution in [2.75, 3.05) is 13.2 Å². The maximum absolute atomic E-state index is 12.5. The SMILES string of the molecule is Cc1ccc(C(=O)OCCOC(=O)C(CC(C)(C)C)C(C)(C)C)cc1. The van der Waals surface area contributed by atoms with E-state index in [1.165, 1.54) is 0 Å². The molecule has 1 unspecified atom stereocenters. The van der Waals surface area contributed by atoms with Gasteiger partial charge in [0.1, 0.15) is 13.2 Å². The average Bonchev–Trinajstić information content (AvgIpc) is 2.47. The molecular formula is C21H32O4. The number of ether oxygens (including phenoxy) is 2. The first-order chi connectivity index (χ1) is 11.4. The molecule has 0 amide bonds. The van der Waals surface area contributed by atoms with Crippen molar-refractivity contribution in [3.05, 3.63) is 35.4 Å². The van der Waals surface area contributed by atoms with E-state index in [9.17, 15) is 9.59 Å². The Hall–Kier alpha value is -1.84. The summed E-state index contributed by atoms with van der Waals surface area (Å²) in [6, 6.07) is 7.17. The molecule has 0 radical (unpaired) electrons. The molecule has 25 heavy (non-hydrogen) atoms. The molecule has 0 saturated carbocycles. The molecular weight excluding hydrogens is 316 g/mol. The molecule has 0 aromatic heterocycles. The van der Waals surface area contributed by atoms with E-state index in [4.69, 9.17) is 9.47 Å². The minimum atomic E-state index is -0.405. The lowest BCUT2D eigenvalue weighted by molar-refractivity contribution is -0.155. The summed E-state index contributed by atoms with van der Waals surface area (Å²) < 4.78 is 10.5. The number of aryl methyl sites for hydroxylation is 1. The summed E-state index contributed by atoms with van der Waals surface area (Å²) in [4.78, 5) is 24.4. The summed E-state index contributed by atoms with van der Waals surface area (Å²) >= 11 is 0. The van der Waals surface area contributed by atoms with E-state index in [0.717, 1.165) is 12.0 Å². The van der Waals surface area contributed by atoms with E-state index in [0.29, 0.717) is 5.56 Å². The second-order valence-corrected chi connectivity index (χ2v) is 8.85. The van der Waals surface area contributed by atoms with Gasteiger partial charge < -0.3 is 9.47 Å². The van der Waals surface area contributed by atoms with Gasteiger partial charge >= 0.3 is 11.9 Å². The van der Waals surface area contributed by atoms with Gasteiger partial charge in [-0.25, -0.2) is 4.79 Å². The van der Waals surface area contributed by atoms with Crippen LogP contribution < -0.4 is 0 Å². The fraction of sp³-hybridized carbons (Fsp3) is 0.619. The van der Waals surface area contributed by atoms with Crippen LogP contribution in [-0.4, -0.2) is 25.2 Å². The molecule has 0 bridgehead atoms. The Labute approximate surface area is 151 Å². The molecule has 1 aromatic carbocycles. The predicted octanol–water partition coefficient (Wildman–Crippen LogP) is 4.79. The maximum atomic E-state index is 12.5. The Balaban J connectivity index is 2.49. The zero-order valence-electron chi connectivity index (χ0n) is 16.6. The van der Waals surface area contributed by atoms with Crippen molar-refractivity contribution in [1.29, 1.82) is 0 Å². The zero-order chi connectivity index (χ0) is 19.3. The Bertz CT molecular complexity index is 573. The first-order valence-corrected chi connectivity index (χ1v) is 8.80. The number of rotatable bonds is 6. The monoisotopic (exact) mass is 348 g/mol. The van der Waals surface area contributed by atoms with Crippen LogP contribution in [0, 0.1) is 23.7 Å². The normalized spacial score (nSPS) is 13.2. The van der Waals surface area contributed by atoms with Crippen LogP contribution in [0.4, 0.5) is 0 Å². The maximum Gasteiger partial charge on any atom is 0.338 e. The van der Waals surface area contributed by atoms with Gasteiger partial charge in [-0.05, 0) is 36.3 Å². The highest BCUT2D eigenvalue weighted by Crippen LogP contribution is 2.36. The molecule has 0 heterocycles. The molecule has 0 aliphatic heterocycles. The van der Waals surface area contributed by atoms with Crippen LogP contribution in [0.25, 0.3) is 0 Å². The fourth-order valence-electron chi connectivity index (χ4n) is 2.51. The molecule has 0 N–H and O–H groups in total. The standard InChI is InChI=1S/C21H32O4/c1-15-8-10-16(11-9-15)18(22)24-12-13-25-19(23)17(21(5,6)7)14-20(2,3)4/h8-11,17H,12-14H2,1-7H3. The van der Waals surface area contributed by atoms with Gasteiger partial charge in [0.25, 0.3) is 0 Å². The number of benzene rings is 1. The molecule has 140 valence electrons. The van der Waals surface area contributed by atoms with Crippen molar-refractivity contribution < 1.29 is 19.1 Å². The number of carbonyl (C=O) groups excluding carboxylic acids is 2. The highest BCUT2D eigenvalue weighted by atomic mass is 16.6. The van der Waals surface area contributed by atoms with Gasteiger partial charge in [-0.1, -0.05) is 59.2 Å². The van der Waals surface area contributed by atoms with Crippen LogP contribution in [-0.2, 0) is 14.3 Å². The second kappa shape index (κ2) is 8.50. The van der Waals surface area contributed by atoms with E-state index in [-0.39, 0.29) is 35.9 Å².